The minimum absolute atomic E-state index is 0.0255. The van der Waals surface area contributed by atoms with Gasteiger partial charge in [-0.1, -0.05) is 102 Å². The Morgan fingerprint density at radius 1 is 0.675 bits per heavy atom. The van der Waals surface area contributed by atoms with Gasteiger partial charge in [-0.25, -0.2) is 0 Å². The number of aromatic hydroxyl groups is 2. The van der Waals surface area contributed by atoms with Crippen LogP contribution in [-0.2, 0) is 4.79 Å². The van der Waals surface area contributed by atoms with Crippen molar-refractivity contribution in [2.75, 3.05) is 0 Å². The number of ether oxygens (including phenoxy) is 1. The van der Waals surface area contributed by atoms with Gasteiger partial charge in [0.2, 0.25) is 0 Å². The quantitative estimate of drug-likeness (QED) is 0.0568. The number of hydrogen-bond acceptors (Lipinski definition) is 4. The minimum Gasteiger partial charge on any atom is -0.508 e. The molecule has 40 heavy (non-hydrogen) atoms. The Labute approximate surface area is 243 Å². The molecule has 0 saturated heterocycles. The SMILES string of the molecule is CCCCCCCC/C=C/CCCCCCCC(=O)Oc1ccc(/C(CC)=C(\CC)c2ccc(O)cc2)cc1O. The van der Waals surface area contributed by atoms with Crippen molar-refractivity contribution in [1.82, 2.24) is 0 Å². The van der Waals surface area contributed by atoms with Crippen molar-refractivity contribution in [1.29, 1.82) is 0 Å². The Balaban J connectivity index is 1.70. The lowest BCUT2D eigenvalue weighted by Gasteiger charge is -2.15. The molecular weight excluding hydrogens is 496 g/mol. The zero-order chi connectivity index (χ0) is 29.0. The first-order chi connectivity index (χ1) is 19.5. The number of phenols is 2. The highest BCUT2D eigenvalue weighted by Gasteiger charge is 2.14. The van der Waals surface area contributed by atoms with Gasteiger partial charge < -0.3 is 14.9 Å². The zero-order valence-electron chi connectivity index (χ0n) is 25.2. The number of carbonyl (C=O) groups excluding carboxylic acids is 1. The van der Waals surface area contributed by atoms with Crippen LogP contribution < -0.4 is 4.74 Å². The highest BCUT2D eigenvalue weighted by Crippen LogP contribution is 2.36. The summed E-state index contributed by atoms with van der Waals surface area (Å²) in [4.78, 5) is 12.4. The molecule has 0 unspecified atom stereocenters. The van der Waals surface area contributed by atoms with Gasteiger partial charge in [0.25, 0.3) is 0 Å². The second kappa shape index (κ2) is 20.0. The summed E-state index contributed by atoms with van der Waals surface area (Å²) in [6.45, 7) is 6.45. The summed E-state index contributed by atoms with van der Waals surface area (Å²) in [7, 11) is 0. The van der Waals surface area contributed by atoms with E-state index in [-0.39, 0.29) is 23.2 Å². The van der Waals surface area contributed by atoms with E-state index in [2.05, 4.69) is 32.9 Å². The van der Waals surface area contributed by atoms with E-state index < -0.39 is 0 Å². The van der Waals surface area contributed by atoms with Crippen LogP contribution in [0.15, 0.2) is 54.6 Å². The molecule has 0 spiro atoms. The Hall–Kier alpha value is -3.01. The molecule has 0 atom stereocenters. The van der Waals surface area contributed by atoms with Crippen LogP contribution in [-0.4, -0.2) is 16.2 Å². The fourth-order valence-electron chi connectivity index (χ4n) is 5.15. The molecule has 0 saturated carbocycles. The topological polar surface area (TPSA) is 66.8 Å². The average Bonchev–Trinajstić information content (AvgIpc) is 2.95. The standard InChI is InChI=1S/C36H52O4/c1-4-7-8-9-10-11-12-13-14-15-16-17-18-19-20-21-36(39)40-35-27-24-30(28-34(35)38)33(6-3)32(5-2)29-22-25-31(37)26-23-29/h13-14,22-28,37-38H,4-12,15-21H2,1-3H3/b14-13+,33-32+. The third-order valence-corrected chi connectivity index (χ3v) is 7.46. The summed E-state index contributed by atoms with van der Waals surface area (Å²) in [6, 6.07) is 12.5. The molecule has 0 amide bonds. The van der Waals surface area contributed by atoms with E-state index in [1.165, 1.54) is 57.8 Å². The van der Waals surface area contributed by atoms with Crippen LogP contribution >= 0.6 is 0 Å². The molecule has 4 nitrogen and oxygen atoms in total. The number of benzene rings is 2. The van der Waals surface area contributed by atoms with Gasteiger partial charge in [0.15, 0.2) is 11.5 Å². The van der Waals surface area contributed by atoms with Crippen molar-refractivity contribution < 1.29 is 19.7 Å². The number of allylic oxidation sites excluding steroid dienone is 4. The lowest BCUT2D eigenvalue weighted by Crippen LogP contribution is -2.07. The third kappa shape index (κ3) is 12.4. The number of rotatable bonds is 20. The molecule has 0 aliphatic heterocycles. The fourth-order valence-corrected chi connectivity index (χ4v) is 5.15. The molecule has 0 aliphatic carbocycles. The highest BCUT2D eigenvalue weighted by molar-refractivity contribution is 5.91. The van der Waals surface area contributed by atoms with Crippen molar-refractivity contribution in [3.05, 3.63) is 65.7 Å². The Morgan fingerprint density at radius 2 is 1.20 bits per heavy atom. The monoisotopic (exact) mass is 548 g/mol. The minimum atomic E-state index is -0.301. The van der Waals surface area contributed by atoms with E-state index in [0.717, 1.165) is 60.8 Å². The van der Waals surface area contributed by atoms with Gasteiger partial charge in [-0.2, -0.15) is 0 Å². The van der Waals surface area contributed by atoms with Crippen LogP contribution in [0.2, 0.25) is 0 Å². The van der Waals surface area contributed by atoms with Gasteiger partial charge in [-0.3, -0.25) is 4.79 Å². The Morgan fingerprint density at radius 3 is 1.77 bits per heavy atom. The van der Waals surface area contributed by atoms with Crippen LogP contribution in [0.3, 0.4) is 0 Å². The summed E-state index contributed by atoms with van der Waals surface area (Å²) in [5.41, 5.74) is 4.24. The Bertz CT molecular complexity index is 1050. The van der Waals surface area contributed by atoms with E-state index >= 15 is 0 Å². The van der Waals surface area contributed by atoms with Crippen LogP contribution in [0.5, 0.6) is 17.2 Å². The first-order valence-corrected chi connectivity index (χ1v) is 15.7. The maximum atomic E-state index is 12.4. The van der Waals surface area contributed by atoms with Gasteiger partial charge in [0.1, 0.15) is 5.75 Å². The molecule has 4 heteroatoms. The van der Waals surface area contributed by atoms with Crippen LogP contribution in [0, 0.1) is 0 Å². The molecule has 220 valence electrons. The second-order valence-corrected chi connectivity index (χ2v) is 10.7. The maximum absolute atomic E-state index is 12.4. The molecule has 0 bridgehead atoms. The molecule has 0 heterocycles. The van der Waals surface area contributed by atoms with Crippen LogP contribution in [0.4, 0.5) is 0 Å². The molecule has 2 N–H and O–H groups in total. The Kier molecular flexibility index (Phi) is 16.6. The number of hydrogen-bond donors (Lipinski definition) is 2. The van der Waals surface area contributed by atoms with E-state index in [4.69, 9.17) is 4.74 Å². The highest BCUT2D eigenvalue weighted by atomic mass is 16.5. The van der Waals surface area contributed by atoms with Gasteiger partial charge in [0.05, 0.1) is 0 Å². The second-order valence-electron chi connectivity index (χ2n) is 10.7. The molecule has 0 fully saturated rings. The first kappa shape index (κ1) is 33.2. The lowest BCUT2D eigenvalue weighted by atomic mass is 9.91. The van der Waals surface area contributed by atoms with Crippen molar-refractivity contribution in [3.8, 4) is 17.2 Å². The number of carbonyl (C=O) groups is 1. The lowest BCUT2D eigenvalue weighted by molar-refractivity contribution is -0.134. The molecule has 2 rings (SSSR count). The molecule has 2 aromatic rings. The summed E-state index contributed by atoms with van der Waals surface area (Å²) < 4.78 is 5.48. The van der Waals surface area contributed by atoms with Gasteiger partial charge in [0, 0.05) is 6.42 Å². The number of unbranched alkanes of at least 4 members (excludes halogenated alkanes) is 11. The predicted octanol–water partition coefficient (Wildman–Crippen LogP) is 10.8. The molecular formula is C36H52O4. The van der Waals surface area contributed by atoms with Crippen molar-refractivity contribution in [3.63, 3.8) is 0 Å². The van der Waals surface area contributed by atoms with Crippen molar-refractivity contribution in [2.45, 2.75) is 124 Å². The summed E-state index contributed by atoms with van der Waals surface area (Å²) >= 11 is 0. The summed E-state index contributed by atoms with van der Waals surface area (Å²) in [5.74, 6) is 0.121. The van der Waals surface area contributed by atoms with Gasteiger partial charge in [-0.05, 0) is 91.5 Å². The first-order valence-electron chi connectivity index (χ1n) is 15.7. The van der Waals surface area contributed by atoms with Gasteiger partial charge >= 0.3 is 5.97 Å². The number of phenolic OH excluding ortho intramolecular Hbond substituents is 2. The average molecular weight is 549 g/mol. The van der Waals surface area contributed by atoms with Crippen molar-refractivity contribution >= 4 is 17.1 Å². The molecule has 0 aliphatic rings. The molecule has 2 aromatic carbocycles. The smallest absolute Gasteiger partial charge is 0.311 e. The number of esters is 1. The molecule has 0 radical (unpaired) electrons. The largest absolute Gasteiger partial charge is 0.508 e. The van der Waals surface area contributed by atoms with Gasteiger partial charge in [-0.15, -0.1) is 0 Å². The normalized spacial score (nSPS) is 12.1. The van der Waals surface area contributed by atoms with E-state index in [1.54, 1.807) is 24.3 Å². The summed E-state index contributed by atoms with van der Waals surface area (Å²) in [6.07, 6.45) is 22.5. The fraction of sp³-hybridized carbons (Fsp3) is 0.528. The van der Waals surface area contributed by atoms with E-state index in [0.29, 0.717) is 6.42 Å². The van der Waals surface area contributed by atoms with Crippen LogP contribution in [0.25, 0.3) is 11.1 Å². The third-order valence-electron chi connectivity index (χ3n) is 7.46. The predicted molar refractivity (Wildman–Crippen MR) is 169 cm³/mol. The zero-order valence-corrected chi connectivity index (χ0v) is 25.2. The van der Waals surface area contributed by atoms with Crippen molar-refractivity contribution in [2.24, 2.45) is 0 Å². The maximum Gasteiger partial charge on any atom is 0.311 e. The summed E-state index contributed by atoms with van der Waals surface area (Å²) in [5, 5.41) is 20.2. The van der Waals surface area contributed by atoms with E-state index in [1.807, 2.05) is 18.2 Å². The van der Waals surface area contributed by atoms with E-state index in [9.17, 15) is 15.0 Å². The van der Waals surface area contributed by atoms with Crippen LogP contribution in [0.1, 0.15) is 135 Å². The molecule has 0 aromatic heterocycles.